The van der Waals surface area contributed by atoms with Gasteiger partial charge in [-0.15, -0.1) is 0 Å². The fourth-order valence-electron chi connectivity index (χ4n) is 1.60. The van der Waals surface area contributed by atoms with Crippen LogP contribution in [-0.2, 0) is 0 Å². The van der Waals surface area contributed by atoms with Crippen molar-refractivity contribution in [3.63, 3.8) is 0 Å². The van der Waals surface area contributed by atoms with Crippen LogP contribution in [0, 0.1) is 11.3 Å². The molecule has 0 aliphatic carbocycles. The average Bonchev–Trinajstić information content (AvgIpc) is 2.69. The van der Waals surface area contributed by atoms with E-state index in [1.165, 1.54) is 24.3 Å². The number of halogens is 5. The third-order valence-electron chi connectivity index (χ3n) is 2.48. The van der Waals surface area contributed by atoms with Gasteiger partial charge in [-0.2, -0.15) is 18.4 Å². The largest absolute Gasteiger partial charge is 0.433 e. The predicted molar refractivity (Wildman–Crippen MR) is 69.4 cm³/mol. The maximum absolute atomic E-state index is 12.7. The third kappa shape index (κ3) is 2.67. The van der Waals surface area contributed by atoms with Gasteiger partial charge >= 0.3 is 6.18 Å². The van der Waals surface area contributed by atoms with E-state index in [0.717, 1.165) is 6.08 Å². The third-order valence-corrected chi connectivity index (χ3v) is 3.52. The molecule has 0 saturated carbocycles. The number of rotatable bonds is 1. The number of alkyl halides is 4. The van der Waals surface area contributed by atoms with E-state index in [0.29, 0.717) is 10.6 Å². The minimum absolute atomic E-state index is 0.000934. The molecule has 2 nitrogen and oxygen atoms in total. The van der Waals surface area contributed by atoms with Crippen molar-refractivity contribution in [3.8, 4) is 6.07 Å². The maximum Gasteiger partial charge on any atom is 0.433 e. The number of nitrogens with zero attached hydrogens (tertiary/aromatic N) is 2. The summed E-state index contributed by atoms with van der Waals surface area (Å²) in [5, 5.41) is 9.53. The fraction of sp³-hybridized carbons (Fsp3) is 0.167. The summed E-state index contributed by atoms with van der Waals surface area (Å²) in [6.45, 7) is 0. The van der Waals surface area contributed by atoms with Crippen LogP contribution in [-0.4, -0.2) is 16.2 Å². The van der Waals surface area contributed by atoms with Gasteiger partial charge in [0.1, 0.15) is 5.70 Å². The van der Waals surface area contributed by atoms with Crippen molar-refractivity contribution in [2.75, 3.05) is 0 Å². The molecule has 0 saturated heterocycles. The van der Waals surface area contributed by atoms with Gasteiger partial charge in [0.15, 0.2) is 4.32 Å². The zero-order valence-corrected chi connectivity index (χ0v) is 11.5. The van der Waals surface area contributed by atoms with E-state index in [1.54, 1.807) is 6.07 Å². The first kappa shape index (κ1) is 14.1. The van der Waals surface area contributed by atoms with Gasteiger partial charge in [0, 0.05) is 5.02 Å². The number of hydrogen-bond acceptors (Lipinski definition) is 2. The molecule has 0 radical (unpaired) electrons. The Kier molecular flexibility index (Phi) is 3.45. The molecular formula is C12H5BrClF3N2. The Labute approximate surface area is 120 Å². The van der Waals surface area contributed by atoms with Gasteiger partial charge in [0.2, 0.25) is 0 Å². The van der Waals surface area contributed by atoms with Crippen molar-refractivity contribution < 1.29 is 13.2 Å². The topological polar surface area (TPSA) is 36.1 Å². The minimum Gasteiger partial charge on any atom is -0.245 e. The molecule has 1 heterocycles. The maximum atomic E-state index is 12.7. The number of hydrogen-bond donors (Lipinski definition) is 0. The SMILES string of the molecule is N#CC1(Br)C=C(C(F)(F)F)N=C1c1ccc(Cl)cc1. The van der Waals surface area contributed by atoms with Gasteiger partial charge in [-0.05, 0) is 23.8 Å². The second-order valence-corrected chi connectivity index (χ2v) is 5.51. The molecule has 1 aromatic carbocycles. The van der Waals surface area contributed by atoms with E-state index in [1.807, 2.05) is 0 Å². The summed E-state index contributed by atoms with van der Waals surface area (Å²) in [5.74, 6) is 0. The first-order valence-electron chi connectivity index (χ1n) is 5.01. The standard InChI is InChI=1S/C12H5BrClF3N2/c13-11(6-18)5-9(12(15,16)17)19-10(11)7-1-3-8(14)4-2-7/h1-5H. The normalized spacial score (nSPS) is 22.7. The second kappa shape index (κ2) is 4.66. The first-order chi connectivity index (χ1) is 8.76. The molecule has 1 unspecified atom stereocenters. The van der Waals surface area contributed by atoms with Crippen LogP contribution in [0.2, 0.25) is 5.02 Å². The van der Waals surface area contributed by atoms with E-state index < -0.39 is 16.2 Å². The quantitative estimate of drug-likeness (QED) is 0.698. The molecule has 1 aliphatic rings. The van der Waals surface area contributed by atoms with E-state index in [2.05, 4.69) is 20.9 Å². The zero-order valence-electron chi connectivity index (χ0n) is 9.17. The fourth-order valence-corrected chi connectivity index (χ4v) is 2.26. The molecule has 0 aromatic heterocycles. The Hall–Kier alpha value is -1.32. The summed E-state index contributed by atoms with van der Waals surface area (Å²) >= 11 is 8.71. The molecule has 1 aromatic rings. The molecule has 0 bridgehead atoms. The highest BCUT2D eigenvalue weighted by Crippen LogP contribution is 2.39. The molecule has 0 N–H and O–H groups in total. The molecule has 2 rings (SSSR count). The molecule has 7 heteroatoms. The van der Waals surface area contributed by atoms with Gasteiger partial charge in [-0.1, -0.05) is 39.7 Å². The van der Waals surface area contributed by atoms with Crippen molar-refractivity contribution in [2.24, 2.45) is 4.99 Å². The van der Waals surface area contributed by atoms with Gasteiger partial charge in [0.25, 0.3) is 0 Å². The molecule has 19 heavy (non-hydrogen) atoms. The van der Waals surface area contributed by atoms with Gasteiger partial charge in [0.05, 0.1) is 11.8 Å². The van der Waals surface area contributed by atoms with Crippen molar-refractivity contribution >= 4 is 33.2 Å². The Bertz CT molecular complexity index is 613. The second-order valence-electron chi connectivity index (χ2n) is 3.82. The van der Waals surface area contributed by atoms with Crippen molar-refractivity contribution in [3.05, 3.63) is 46.6 Å². The monoisotopic (exact) mass is 348 g/mol. The van der Waals surface area contributed by atoms with Crippen molar-refractivity contribution in [1.29, 1.82) is 5.26 Å². The lowest BCUT2D eigenvalue weighted by Gasteiger charge is -2.13. The summed E-state index contributed by atoms with van der Waals surface area (Å²) in [5.41, 5.74) is -0.687. The summed E-state index contributed by atoms with van der Waals surface area (Å²) in [7, 11) is 0. The highest BCUT2D eigenvalue weighted by atomic mass is 79.9. The van der Waals surface area contributed by atoms with Crippen LogP contribution in [0.1, 0.15) is 5.56 Å². The molecule has 1 atom stereocenters. The van der Waals surface area contributed by atoms with E-state index in [4.69, 9.17) is 16.9 Å². The van der Waals surface area contributed by atoms with Crippen LogP contribution in [0.5, 0.6) is 0 Å². The molecule has 0 amide bonds. The number of aliphatic imine (C=N–C) groups is 1. The number of nitriles is 1. The summed E-state index contributed by atoms with van der Waals surface area (Å²) in [6, 6.07) is 7.86. The van der Waals surface area contributed by atoms with Crippen LogP contribution in [0.25, 0.3) is 0 Å². The van der Waals surface area contributed by atoms with Crippen LogP contribution >= 0.6 is 27.5 Å². The summed E-state index contributed by atoms with van der Waals surface area (Å²) < 4.78 is 36.4. The molecule has 1 aliphatic heterocycles. The van der Waals surface area contributed by atoms with E-state index in [-0.39, 0.29) is 5.71 Å². The van der Waals surface area contributed by atoms with Crippen LogP contribution in [0.15, 0.2) is 41.0 Å². The van der Waals surface area contributed by atoms with Gasteiger partial charge < -0.3 is 0 Å². The van der Waals surface area contributed by atoms with Crippen LogP contribution in [0.3, 0.4) is 0 Å². The number of allylic oxidation sites excluding steroid dienone is 2. The first-order valence-corrected chi connectivity index (χ1v) is 6.19. The van der Waals surface area contributed by atoms with Gasteiger partial charge in [-0.3, -0.25) is 0 Å². The Morgan fingerprint density at radius 2 is 1.84 bits per heavy atom. The highest BCUT2D eigenvalue weighted by molar-refractivity contribution is 9.10. The average molecular weight is 350 g/mol. The lowest BCUT2D eigenvalue weighted by Crippen LogP contribution is -2.25. The van der Waals surface area contributed by atoms with E-state index >= 15 is 0 Å². The molecule has 0 spiro atoms. The predicted octanol–water partition coefficient (Wildman–Crippen LogP) is 4.25. The Morgan fingerprint density at radius 1 is 1.26 bits per heavy atom. The van der Waals surface area contributed by atoms with Crippen LogP contribution < -0.4 is 0 Å². The van der Waals surface area contributed by atoms with Gasteiger partial charge in [-0.25, -0.2) is 4.99 Å². The minimum atomic E-state index is -4.59. The van der Waals surface area contributed by atoms with E-state index in [9.17, 15) is 13.2 Å². The Morgan fingerprint density at radius 3 is 2.32 bits per heavy atom. The van der Waals surface area contributed by atoms with Crippen LogP contribution in [0.4, 0.5) is 13.2 Å². The lowest BCUT2D eigenvalue weighted by atomic mass is 9.99. The molecular weight excluding hydrogens is 344 g/mol. The van der Waals surface area contributed by atoms with Crippen molar-refractivity contribution in [1.82, 2.24) is 0 Å². The zero-order chi connectivity index (χ0) is 14.3. The molecule has 0 fully saturated rings. The molecule has 98 valence electrons. The summed E-state index contributed by atoms with van der Waals surface area (Å²) in [4.78, 5) is 3.52. The van der Waals surface area contributed by atoms with Crippen molar-refractivity contribution in [2.45, 2.75) is 10.5 Å². The summed E-state index contributed by atoms with van der Waals surface area (Å²) in [6.07, 6.45) is -3.83. The lowest BCUT2D eigenvalue weighted by molar-refractivity contribution is -0.0921. The number of benzene rings is 1. The Balaban J connectivity index is 2.52. The smallest absolute Gasteiger partial charge is 0.245 e. The highest BCUT2D eigenvalue weighted by Gasteiger charge is 2.45.